The number of ketones is 1. The number of carboxylic acids is 1. The minimum Gasteiger partial charge on any atom is -0.478 e. The molecule has 0 bridgehead atoms. The van der Waals surface area contributed by atoms with Gasteiger partial charge in [0.1, 0.15) is 0 Å². The van der Waals surface area contributed by atoms with Crippen LogP contribution in [0.25, 0.3) is 0 Å². The molecule has 0 heterocycles. The van der Waals surface area contributed by atoms with Gasteiger partial charge in [-0.1, -0.05) is 71.3 Å². The topological polar surface area (TPSA) is 54.4 Å². The van der Waals surface area contributed by atoms with Crippen LogP contribution in [-0.2, 0) is 9.59 Å². The van der Waals surface area contributed by atoms with Gasteiger partial charge in [0, 0.05) is 11.1 Å². The normalized spacial score (nSPS) is 11.9. The predicted octanol–water partition coefficient (Wildman–Crippen LogP) is 5.45. The molecule has 126 valence electrons. The number of hydrogen-bond acceptors (Lipinski definition) is 2. The third-order valence-electron chi connectivity index (χ3n) is 4.04. The van der Waals surface area contributed by atoms with Gasteiger partial charge >= 0.3 is 5.97 Å². The first-order valence-corrected chi connectivity index (χ1v) is 8.64. The molecule has 0 unspecified atom stereocenters. The van der Waals surface area contributed by atoms with Crippen molar-refractivity contribution in [2.45, 2.75) is 84.5 Å². The van der Waals surface area contributed by atoms with Gasteiger partial charge in [0.25, 0.3) is 0 Å². The molecule has 0 aliphatic carbocycles. The molecule has 0 aromatic heterocycles. The Morgan fingerprint density at radius 2 is 1.36 bits per heavy atom. The van der Waals surface area contributed by atoms with Crippen molar-refractivity contribution in [2.24, 2.45) is 0 Å². The lowest BCUT2D eigenvalue weighted by atomic mass is 9.97. The monoisotopic (exact) mass is 308 g/mol. The number of unbranched alkanes of at least 4 members (excludes halogenated alkanes) is 9. The van der Waals surface area contributed by atoms with Gasteiger partial charge in [0.15, 0.2) is 5.78 Å². The Bertz CT molecular complexity index is 380. The van der Waals surface area contributed by atoms with Crippen LogP contribution in [0.1, 0.15) is 84.5 Å². The van der Waals surface area contributed by atoms with Crippen LogP contribution >= 0.6 is 0 Å². The van der Waals surface area contributed by atoms with E-state index >= 15 is 0 Å². The van der Waals surface area contributed by atoms with E-state index in [-0.39, 0.29) is 11.4 Å². The molecular weight excluding hydrogens is 276 g/mol. The molecule has 0 fully saturated rings. The zero-order valence-corrected chi connectivity index (χ0v) is 14.3. The van der Waals surface area contributed by atoms with Gasteiger partial charge in [-0.3, -0.25) is 4.79 Å². The Balaban J connectivity index is 3.87. The van der Waals surface area contributed by atoms with Crippen molar-refractivity contribution in [3.63, 3.8) is 0 Å². The van der Waals surface area contributed by atoms with E-state index < -0.39 is 5.97 Å². The molecule has 0 aliphatic heterocycles. The summed E-state index contributed by atoms with van der Waals surface area (Å²) in [6, 6.07) is 0. The summed E-state index contributed by atoms with van der Waals surface area (Å²) in [7, 11) is 0. The van der Waals surface area contributed by atoms with E-state index in [2.05, 4.69) is 13.5 Å². The second-order valence-electron chi connectivity index (χ2n) is 5.91. The van der Waals surface area contributed by atoms with Crippen LogP contribution in [0.2, 0.25) is 0 Å². The summed E-state index contributed by atoms with van der Waals surface area (Å²) in [5, 5.41) is 9.01. The van der Waals surface area contributed by atoms with Crippen molar-refractivity contribution < 1.29 is 14.7 Å². The molecule has 0 rings (SSSR count). The fourth-order valence-corrected chi connectivity index (χ4v) is 2.54. The van der Waals surface area contributed by atoms with Gasteiger partial charge in [-0.25, -0.2) is 4.79 Å². The van der Waals surface area contributed by atoms with Crippen molar-refractivity contribution in [3.05, 3.63) is 23.8 Å². The number of carbonyl (C=O) groups excluding carboxylic acids is 1. The van der Waals surface area contributed by atoms with E-state index in [0.29, 0.717) is 12.0 Å². The molecule has 22 heavy (non-hydrogen) atoms. The van der Waals surface area contributed by atoms with Crippen molar-refractivity contribution in [1.82, 2.24) is 0 Å². The number of hydrogen-bond donors (Lipinski definition) is 1. The average molecular weight is 308 g/mol. The molecule has 0 aromatic rings. The van der Waals surface area contributed by atoms with Crippen LogP contribution in [0.3, 0.4) is 0 Å². The van der Waals surface area contributed by atoms with Crippen molar-refractivity contribution >= 4 is 11.8 Å². The maximum atomic E-state index is 11.7. The Labute approximate surface area is 135 Å². The van der Waals surface area contributed by atoms with Gasteiger partial charge in [-0.15, -0.1) is 0 Å². The summed E-state index contributed by atoms with van der Waals surface area (Å²) in [6.07, 6.45) is 14.0. The van der Waals surface area contributed by atoms with Crippen LogP contribution in [0.5, 0.6) is 0 Å². The van der Waals surface area contributed by atoms with Crippen LogP contribution in [0, 0.1) is 0 Å². The van der Waals surface area contributed by atoms with E-state index in [1.807, 2.05) is 0 Å². The molecular formula is C19H32O3. The molecule has 0 amide bonds. The highest BCUT2D eigenvalue weighted by atomic mass is 16.4. The molecule has 3 nitrogen and oxygen atoms in total. The van der Waals surface area contributed by atoms with Gasteiger partial charge in [0.05, 0.1) is 0 Å². The van der Waals surface area contributed by atoms with Crippen LogP contribution in [0.4, 0.5) is 0 Å². The second kappa shape index (κ2) is 13.3. The Morgan fingerprint density at radius 1 is 0.909 bits per heavy atom. The largest absolute Gasteiger partial charge is 0.478 e. The summed E-state index contributed by atoms with van der Waals surface area (Å²) in [5.41, 5.74) is 0.558. The number of carbonyl (C=O) groups is 2. The number of aliphatic carboxylic acids is 1. The minimum atomic E-state index is -1.02. The first-order valence-electron chi connectivity index (χ1n) is 8.64. The minimum absolute atomic E-state index is 0.154. The predicted molar refractivity (Wildman–Crippen MR) is 92.0 cm³/mol. The van der Waals surface area contributed by atoms with Crippen LogP contribution in [0.15, 0.2) is 23.8 Å². The summed E-state index contributed by atoms with van der Waals surface area (Å²) < 4.78 is 0. The standard InChI is InChI=1S/C19H32O3/c1-4-6-7-8-9-10-11-12-13-14-15-17(18(20)5-2)16(3)19(21)22/h5H,2,4,6-15H2,1,3H3,(H,21,22). The molecule has 0 saturated heterocycles. The Kier molecular flexibility index (Phi) is 12.5. The zero-order chi connectivity index (χ0) is 16.8. The molecule has 3 heteroatoms. The summed E-state index contributed by atoms with van der Waals surface area (Å²) >= 11 is 0. The molecule has 0 aromatic carbocycles. The van der Waals surface area contributed by atoms with Crippen molar-refractivity contribution in [2.75, 3.05) is 0 Å². The fourth-order valence-electron chi connectivity index (χ4n) is 2.54. The van der Waals surface area contributed by atoms with E-state index in [0.717, 1.165) is 19.3 Å². The summed E-state index contributed by atoms with van der Waals surface area (Å²) in [4.78, 5) is 22.7. The highest BCUT2D eigenvalue weighted by Gasteiger charge is 2.14. The van der Waals surface area contributed by atoms with E-state index in [9.17, 15) is 9.59 Å². The summed E-state index contributed by atoms with van der Waals surface area (Å²) in [6.45, 7) is 7.17. The maximum absolute atomic E-state index is 11.7. The van der Waals surface area contributed by atoms with E-state index in [1.165, 1.54) is 57.9 Å². The number of rotatable bonds is 14. The lowest BCUT2D eigenvalue weighted by Gasteiger charge is -2.07. The molecule has 0 radical (unpaired) electrons. The first-order chi connectivity index (χ1) is 10.5. The SMILES string of the molecule is C=CC(=O)C(CCCCCCCCCCCC)=C(C)C(=O)O. The molecule has 1 N–H and O–H groups in total. The average Bonchev–Trinajstić information content (AvgIpc) is 2.51. The third-order valence-corrected chi connectivity index (χ3v) is 4.04. The molecule has 0 aliphatic rings. The van der Waals surface area contributed by atoms with Crippen molar-refractivity contribution in [1.29, 1.82) is 0 Å². The molecule has 0 atom stereocenters. The first kappa shape index (κ1) is 20.6. The summed E-state index contributed by atoms with van der Waals surface area (Å²) in [5.74, 6) is -1.27. The van der Waals surface area contributed by atoms with Crippen LogP contribution < -0.4 is 0 Å². The maximum Gasteiger partial charge on any atom is 0.331 e. The fraction of sp³-hybridized carbons (Fsp3) is 0.684. The van der Waals surface area contributed by atoms with Gasteiger partial charge in [-0.05, 0) is 25.8 Å². The van der Waals surface area contributed by atoms with E-state index in [1.54, 1.807) is 0 Å². The number of carboxylic acid groups (broad SMARTS) is 1. The van der Waals surface area contributed by atoms with Gasteiger partial charge < -0.3 is 5.11 Å². The van der Waals surface area contributed by atoms with Crippen LogP contribution in [-0.4, -0.2) is 16.9 Å². The van der Waals surface area contributed by atoms with Crippen molar-refractivity contribution in [3.8, 4) is 0 Å². The lowest BCUT2D eigenvalue weighted by molar-refractivity contribution is -0.133. The van der Waals surface area contributed by atoms with Gasteiger partial charge in [0.2, 0.25) is 0 Å². The Morgan fingerprint density at radius 3 is 1.77 bits per heavy atom. The highest BCUT2D eigenvalue weighted by molar-refractivity contribution is 6.08. The van der Waals surface area contributed by atoms with Gasteiger partial charge in [-0.2, -0.15) is 0 Å². The molecule has 0 saturated carbocycles. The third kappa shape index (κ3) is 9.54. The molecule has 0 spiro atoms. The Hall–Kier alpha value is -1.38. The highest BCUT2D eigenvalue weighted by Crippen LogP contribution is 2.17. The quantitative estimate of drug-likeness (QED) is 0.343. The smallest absolute Gasteiger partial charge is 0.331 e. The lowest BCUT2D eigenvalue weighted by Crippen LogP contribution is -2.08. The second-order valence-corrected chi connectivity index (χ2v) is 5.91. The van der Waals surface area contributed by atoms with E-state index in [4.69, 9.17) is 5.11 Å². The zero-order valence-electron chi connectivity index (χ0n) is 14.3. The number of allylic oxidation sites excluding steroid dienone is 2.